The van der Waals surface area contributed by atoms with Crippen LogP contribution in [0.15, 0.2) is 11.6 Å². The van der Waals surface area contributed by atoms with Crippen molar-refractivity contribution in [3.05, 3.63) is 11.6 Å². The first-order chi connectivity index (χ1) is 8.20. The summed E-state index contributed by atoms with van der Waals surface area (Å²) in [5, 5.41) is 0. The summed E-state index contributed by atoms with van der Waals surface area (Å²) in [6, 6.07) is 0. The number of piperidine rings is 1. The molecule has 0 N–H and O–H groups in total. The van der Waals surface area contributed by atoms with Crippen LogP contribution in [0.5, 0.6) is 0 Å². The third kappa shape index (κ3) is 4.17. The van der Waals surface area contributed by atoms with E-state index in [0.29, 0.717) is 12.5 Å². The number of carbonyl (C=O) groups is 2. The molecule has 4 heteroatoms. The molecule has 0 aromatic heterocycles. The van der Waals surface area contributed by atoms with Crippen LogP contribution in [0.1, 0.15) is 47.5 Å². The normalized spacial score (nSPS) is 19.6. The fraction of sp³-hybridized carbons (Fsp3) is 0.714. The van der Waals surface area contributed by atoms with Gasteiger partial charge >= 0.3 is 6.09 Å². The van der Waals surface area contributed by atoms with E-state index < -0.39 is 11.7 Å². The lowest BCUT2D eigenvalue weighted by Gasteiger charge is -2.29. The number of hydrogen-bond acceptors (Lipinski definition) is 3. The van der Waals surface area contributed by atoms with Crippen LogP contribution in [-0.2, 0) is 9.53 Å². The van der Waals surface area contributed by atoms with Gasteiger partial charge in [-0.25, -0.2) is 9.69 Å². The van der Waals surface area contributed by atoms with Crippen molar-refractivity contribution in [2.45, 2.75) is 53.1 Å². The second kappa shape index (κ2) is 5.55. The Kier molecular flexibility index (Phi) is 4.54. The highest BCUT2D eigenvalue weighted by molar-refractivity contribution is 6.03. The molecule has 0 radical (unpaired) electrons. The number of hydrogen-bond donors (Lipinski definition) is 0. The van der Waals surface area contributed by atoms with Crippen LogP contribution < -0.4 is 0 Å². The summed E-state index contributed by atoms with van der Waals surface area (Å²) in [5.74, 6) is 0.103. The summed E-state index contributed by atoms with van der Waals surface area (Å²) < 4.78 is 5.24. The highest BCUT2D eigenvalue weighted by atomic mass is 16.6. The Hall–Kier alpha value is -1.32. The zero-order valence-electron chi connectivity index (χ0n) is 11.9. The van der Waals surface area contributed by atoms with Crippen molar-refractivity contribution in [2.75, 3.05) is 6.54 Å². The molecule has 1 rings (SSSR count). The molecule has 2 amide bonds. The van der Waals surface area contributed by atoms with Crippen LogP contribution in [0.3, 0.4) is 0 Å². The summed E-state index contributed by atoms with van der Waals surface area (Å²) >= 11 is 0. The van der Waals surface area contributed by atoms with Crippen molar-refractivity contribution in [1.82, 2.24) is 4.90 Å². The second-order valence-corrected chi connectivity index (χ2v) is 5.98. The molecule has 102 valence electrons. The van der Waals surface area contributed by atoms with Gasteiger partial charge in [-0.15, -0.1) is 0 Å². The van der Waals surface area contributed by atoms with E-state index in [0.717, 1.165) is 18.4 Å². The molecule has 0 spiro atoms. The summed E-state index contributed by atoms with van der Waals surface area (Å²) in [6.07, 6.45) is 2.94. The van der Waals surface area contributed by atoms with Gasteiger partial charge in [0.2, 0.25) is 0 Å². The summed E-state index contributed by atoms with van der Waals surface area (Å²) in [4.78, 5) is 25.3. The minimum Gasteiger partial charge on any atom is -0.443 e. The van der Waals surface area contributed by atoms with Gasteiger partial charge in [0, 0.05) is 12.1 Å². The molecular weight excluding hydrogens is 230 g/mol. The second-order valence-electron chi connectivity index (χ2n) is 5.98. The number of ether oxygens (including phenoxy) is 1. The molecule has 0 unspecified atom stereocenters. The van der Waals surface area contributed by atoms with Crippen LogP contribution in [0, 0.1) is 5.92 Å². The number of rotatable bonds is 1. The van der Waals surface area contributed by atoms with Gasteiger partial charge in [0.1, 0.15) is 5.60 Å². The van der Waals surface area contributed by atoms with Crippen LogP contribution in [0.4, 0.5) is 4.79 Å². The Balaban J connectivity index is 2.78. The molecule has 0 aliphatic carbocycles. The maximum absolute atomic E-state index is 12.1. The van der Waals surface area contributed by atoms with Gasteiger partial charge in [-0.2, -0.15) is 0 Å². The molecule has 1 aliphatic heterocycles. The van der Waals surface area contributed by atoms with Crippen molar-refractivity contribution >= 4 is 12.0 Å². The number of allylic oxidation sites excluding steroid dienone is 1. The number of nitrogens with zero attached hydrogens (tertiary/aromatic N) is 1. The smallest absolute Gasteiger partial charge is 0.417 e. The van der Waals surface area contributed by atoms with Crippen molar-refractivity contribution in [1.29, 1.82) is 0 Å². The van der Waals surface area contributed by atoms with E-state index in [2.05, 4.69) is 0 Å². The molecule has 1 saturated heterocycles. The number of amides is 2. The van der Waals surface area contributed by atoms with Crippen molar-refractivity contribution in [2.24, 2.45) is 5.92 Å². The lowest BCUT2D eigenvalue weighted by atomic mass is 10.0. The maximum atomic E-state index is 12.1. The van der Waals surface area contributed by atoms with Crippen molar-refractivity contribution < 1.29 is 14.3 Å². The lowest BCUT2D eigenvalue weighted by molar-refractivity contribution is -0.127. The fourth-order valence-corrected chi connectivity index (χ4v) is 1.86. The van der Waals surface area contributed by atoms with E-state index in [-0.39, 0.29) is 5.91 Å². The van der Waals surface area contributed by atoms with Crippen LogP contribution in [-0.4, -0.2) is 29.0 Å². The van der Waals surface area contributed by atoms with Crippen LogP contribution in [0.2, 0.25) is 0 Å². The predicted octanol–water partition coefficient (Wildman–Crippen LogP) is 3.13. The average Bonchev–Trinajstić information content (AvgIpc) is 2.17. The molecule has 18 heavy (non-hydrogen) atoms. The van der Waals surface area contributed by atoms with Gasteiger partial charge in [-0.1, -0.05) is 19.9 Å². The first-order valence-corrected chi connectivity index (χ1v) is 6.46. The van der Waals surface area contributed by atoms with Gasteiger partial charge < -0.3 is 4.74 Å². The summed E-state index contributed by atoms with van der Waals surface area (Å²) in [7, 11) is 0. The van der Waals surface area contributed by atoms with Crippen LogP contribution in [0.25, 0.3) is 0 Å². The van der Waals surface area contributed by atoms with E-state index in [9.17, 15) is 9.59 Å². The average molecular weight is 253 g/mol. The van der Waals surface area contributed by atoms with Gasteiger partial charge in [-0.05, 0) is 39.5 Å². The van der Waals surface area contributed by atoms with E-state index in [1.165, 1.54) is 4.90 Å². The zero-order valence-corrected chi connectivity index (χ0v) is 11.9. The molecule has 1 fully saturated rings. The Morgan fingerprint density at radius 1 is 1.39 bits per heavy atom. The van der Waals surface area contributed by atoms with Crippen molar-refractivity contribution in [3.8, 4) is 0 Å². The monoisotopic (exact) mass is 253 g/mol. The Morgan fingerprint density at radius 2 is 2.00 bits per heavy atom. The molecule has 0 bridgehead atoms. The lowest BCUT2D eigenvalue weighted by Crippen LogP contribution is -2.44. The topological polar surface area (TPSA) is 46.6 Å². The summed E-state index contributed by atoms with van der Waals surface area (Å²) in [6.45, 7) is 9.88. The van der Waals surface area contributed by atoms with E-state index >= 15 is 0 Å². The Morgan fingerprint density at radius 3 is 2.50 bits per heavy atom. The number of likely N-dealkylation sites (tertiary alicyclic amines) is 1. The maximum Gasteiger partial charge on any atom is 0.417 e. The molecule has 0 atom stereocenters. The molecule has 4 nitrogen and oxygen atoms in total. The third-order valence-electron chi connectivity index (χ3n) is 2.50. The highest BCUT2D eigenvalue weighted by Gasteiger charge is 2.31. The largest absolute Gasteiger partial charge is 0.443 e. The molecule has 0 saturated carbocycles. The standard InChI is InChI=1S/C14H23NO3/c1-10(2)9-11-7-6-8-15(12(11)16)13(17)18-14(3,4)5/h9-10H,6-8H2,1-5H3. The molecule has 0 aromatic carbocycles. The van der Waals surface area contributed by atoms with E-state index in [1.807, 2.05) is 19.9 Å². The van der Waals surface area contributed by atoms with Gasteiger partial charge in [0.05, 0.1) is 0 Å². The Labute approximate surface area is 109 Å². The van der Waals surface area contributed by atoms with Gasteiger partial charge in [0.25, 0.3) is 5.91 Å². The van der Waals surface area contributed by atoms with Gasteiger partial charge in [-0.3, -0.25) is 4.79 Å². The molecular formula is C14H23NO3. The first-order valence-electron chi connectivity index (χ1n) is 6.46. The van der Waals surface area contributed by atoms with E-state index in [1.54, 1.807) is 20.8 Å². The molecule has 1 aliphatic rings. The fourth-order valence-electron chi connectivity index (χ4n) is 1.86. The highest BCUT2D eigenvalue weighted by Crippen LogP contribution is 2.21. The van der Waals surface area contributed by atoms with Gasteiger partial charge in [0.15, 0.2) is 0 Å². The zero-order chi connectivity index (χ0) is 13.9. The quantitative estimate of drug-likeness (QED) is 0.674. The predicted molar refractivity (Wildman–Crippen MR) is 70.1 cm³/mol. The number of imide groups is 1. The number of carbonyl (C=O) groups excluding carboxylic acids is 2. The minimum atomic E-state index is -0.573. The third-order valence-corrected chi connectivity index (χ3v) is 2.50. The van der Waals surface area contributed by atoms with E-state index in [4.69, 9.17) is 4.74 Å². The molecule has 0 aromatic rings. The summed E-state index contributed by atoms with van der Waals surface area (Å²) in [5.41, 5.74) is 0.151. The first kappa shape index (κ1) is 14.7. The Bertz CT molecular complexity index is 364. The minimum absolute atomic E-state index is 0.204. The molecule has 1 heterocycles. The van der Waals surface area contributed by atoms with Crippen molar-refractivity contribution in [3.63, 3.8) is 0 Å². The van der Waals surface area contributed by atoms with Crippen LogP contribution >= 0.6 is 0 Å². The SMILES string of the molecule is CC(C)C=C1CCCN(C(=O)OC(C)(C)C)C1=O.